The van der Waals surface area contributed by atoms with Crippen LogP contribution in [-0.2, 0) is 14.9 Å². The van der Waals surface area contributed by atoms with Gasteiger partial charge < -0.3 is 13.9 Å². The monoisotopic (exact) mass is 356 g/mol. The van der Waals surface area contributed by atoms with E-state index >= 15 is 0 Å². The quantitative estimate of drug-likeness (QED) is 0.767. The number of ether oxygens (including phenoxy) is 2. The number of nitriles is 1. The van der Waals surface area contributed by atoms with Crippen molar-refractivity contribution in [1.82, 2.24) is 4.98 Å². The molecular weight excluding hydrogens is 332 g/mol. The fourth-order valence-electron chi connectivity index (χ4n) is 3.81. The van der Waals surface area contributed by atoms with Crippen molar-refractivity contribution < 1.29 is 18.7 Å². The topological polar surface area (TPSA) is 85.3 Å². The van der Waals surface area contributed by atoms with Gasteiger partial charge in [0.15, 0.2) is 17.2 Å². The second kappa shape index (κ2) is 6.99. The van der Waals surface area contributed by atoms with Crippen molar-refractivity contribution in [2.75, 3.05) is 14.2 Å². The smallest absolute Gasteiger partial charge is 0.316 e. The van der Waals surface area contributed by atoms with Crippen molar-refractivity contribution in [2.45, 2.75) is 50.9 Å². The number of aromatic nitrogens is 1. The Morgan fingerprint density at radius 3 is 2.58 bits per heavy atom. The highest BCUT2D eigenvalue weighted by atomic mass is 16.5. The molecule has 3 rings (SSSR count). The van der Waals surface area contributed by atoms with Gasteiger partial charge in [0, 0.05) is 11.8 Å². The molecule has 1 aromatic carbocycles. The molecular formula is C20H24N2O4. The van der Waals surface area contributed by atoms with Crippen LogP contribution in [-0.4, -0.2) is 25.2 Å². The first-order valence-corrected chi connectivity index (χ1v) is 8.92. The van der Waals surface area contributed by atoms with Gasteiger partial charge in [-0.2, -0.15) is 5.26 Å². The minimum Gasteiger partial charge on any atom is -0.493 e. The molecule has 0 unspecified atom stereocenters. The summed E-state index contributed by atoms with van der Waals surface area (Å²) < 4.78 is 16.5. The minimum atomic E-state index is -0.808. The predicted molar refractivity (Wildman–Crippen MR) is 95.9 cm³/mol. The summed E-state index contributed by atoms with van der Waals surface area (Å²) >= 11 is 0. The van der Waals surface area contributed by atoms with Crippen molar-refractivity contribution in [3.63, 3.8) is 0 Å². The summed E-state index contributed by atoms with van der Waals surface area (Å²) in [5.41, 5.74) is 1.19. The minimum absolute atomic E-state index is 0.0231. The molecule has 0 aliphatic heterocycles. The molecule has 0 bridgehead atoms. The van der Waals surface area contributed by atoms with Crippen molar-refractivity contribution in [2.24, 2.45) is 5.92 Å². The van der Waals surface area contributed by atoms with Crippen LogP contribution in [0.15, 0.2) is 16.5 Å². The molecule has 26 heavy (non-hydrogen) atoms. The lowest BCUT2D eigenvalue weighted by atomic mass is 9.66. The molecule has 138 valence electrons. The molecule has 6 heteroatoms. The van der Waals surface area contributed by atoms with E-state index in [0.717, 1.165) is 5.56 Å². The molecule has 0 atom stereocenters. The second-order valence-corrected chi connectivity index (χ2v) is 7.18. The van der Waals surface area contributed by atoms with Crippen molar-refractivity contribution in [1.29, 1.82) is 5.26 Å². The number of nitrogens with zero attached hydrogens (tertiary/aromatic N) is 2. The summed E-state index contributed by atoms with van der Waals surface area (Å²) in [4.78, 5) is 17.5. The molecule has 1 heterocycles. The lowest BCUT2D eigenvalue weighted by Gasteiger charge is -2.36. The Hall–Kier alpha value is -2.55. The van der Waals surface area contributed by atoms with Gasteiger partial charge in [0.1, 0.15) is 5.52 Å². The van der Waals surface area contributed by atoms with Gasteiger partial charge in [-0.25, -0.2) is 4.98 Å². The Morgan fingerprint density at radius 2 is 2.04 bits per heavy atom. The first-order valence-electron chi connectivity index (χ1n) is 8.92. The molecule has 0 saturated heterocycles. The van der Waals surface area contributed by atoms with E-state index in [0.29, 0.717) is 48.4 Å². The van der Waals surface area contributed by atoms with E-state index in [1.54, 1.807) is 7.11 Å². The van der Waals surface area contributed by atoms with Gasteiger partial charge in [-0.3, -0.25) is 4.79 Å². The summed E-state index contributed by atoms with van der Waals surface area (Å²) in [5.74, 6) is 1.01. The van der Waals surface area contributed by atoms with Gasteiger partial charge in [0.25, 0.3) is 0 Å². The normalized spacial score (nSPS) is 23.0. The number of carbonyl (C=O) groups excluding carboxylic acids is 1. The van der Waals surface area contributed by atoms with Crippen LogP contribution in [0.25, 0.3) is 11.1 Å². The lowest BCUT2D eigenvalue weighted by molar-refractivity contribution is -0.149. The van der Waals surface area contributed by atoms with Gasteiger partial charge in [-0.1, -0.05) is 19.9 Å². The third-order valence-corrected chi connectivity index (χ3v) is 5.35. The number of methoxy groups -OCH3 is 2. The van der Waals surface area contributed by atoms with E-state index in [2.05, 4.69) is 11.1 Å². The van der Waals surface area contributed by atoms with Gasteiger partial charge in [0.05, 0.1) is 25.7 Å². The van der Waals surface area contributed by atoms with E-state index in [1.165, 1.54) is 7.11 Å². The first kappa shape index (κ1) is 18.2. The van der Waals surface area contributed by atoms with Crippen LogP contribution < -0.4 is 4.74 Å². The highest BCUT2D eigenvalue weighted by Crippen LogP contribution is 2.46. The highest BCUT2D eigenvalue weighted by molar-refractivity contribution is 5.92. The Kier molecular flexibility index (Phi) is 4.90. The molecule has 0 radical (unpaired) electrons. The average Bonchev–Trinajstić information content (AvgIpc) is 3.12. The number of oxazole rings is 1. The fourth-order valence-corrected chi connectivity index (χ4v) is 3.81. The molecule has 1 aliphatic carbocycles. The third kappa shape index (κ3) is 2.82. The molecule has 1 fully saturated rings. The molecule has 6 nitrogen and oxygen atoms in total. The zero-order chi connectivity index (χ0) is 18.9. The number of benzene rings is 1. The van der Waals surface area contributed by atoms with Gasteiger partial charge in [-0.15, -0.1) is 0 Å². The predicted octanol–water partition coefficient (Wildman–Crippen LogP) is 4.08. The molecule has 1 aromatic heterocycles. The number of fused-ring (bicyclic) bond motifs is 1. The lowest BCUT2D eigenvalue weighted by Crippen LogP contribution is -2.40. The zero-order valence-corrected chi connectivity index (χ0v) is 15.7. The van der Waals surface area contributed by atoms with Gasteiger partial charge in [-0.05, 0) is 37.3 Å². The molecule has 2 aromatic rings. The summed E-state index contributed by atoms with van der Waals surface area (Å²) in [6, 6.07) is 6.02. The highest BCUT2D eigenvalue weighted by Gasteiger charge is 2.46. The maximum absolute atomic E-state index is 12.8. The van der Waals surface area contributed by atoms with Crippen LogP contribution in [0.4, 0.5) is 0 Å². The van der Waals surface area contributed by atoms with Crippen molar-refractivity contribution in [3.05, 3.63) is 23.6 Å². The Balaban J connectivity index is 2.20. The van der Waals surface area contributed by atoms with E-state index in [4.69, 9.17) is 13.9 Å². The Labute approximate surface area is 153 Å². The van der Waals surface area contributed by atoms with Crippen LogP contribution >= 0.6 is 0 Å². The molecule has 0 spiro atoms. The third-order valence-electron chi connectivity index (χ3n) is 5.35. The van der Waals surface area contributed by atoms with Crippen LogP contribution in [0.5, 0.6) is 5.75 Å². The SMILES string of the molecule is COC(=O)C1(c2ccc(OC)c3oc(C(C)C)nc23)CCC(C#N)CC1. The first-order chi connectivity index (χ1) is 12.5. The number of esters is 1. The zero-order valence-electron chi connectivity index (χ0n) is 15.7. The van der Waals surface area contributed by atoms with Crippen molar-refractivity contribution in [3.8, 4) is 11.8 Å². The maximum atomic E-state index is 12.8. The summed E-state index contributed by atoms with van der Waals surface area (Å²) in [7, 11) is 2.99. The van der Waals surface area contributed by atoms with E-state index in [9.17, 15) is 10.1 Å². The summed E-state index contributed by atoms with van der Waals surface area (Å²) in [6.45, 7) is 4.01. The second-order valence-electron chi connectivity index (χ2n) is 7.18. The largest absolute Gasteiger partial charge is 0.493 e. The van der Waals surface area contributed by atoms with Gasteiger partial charge >= 0.3 is 5.97 Å². The molecule has 1 saturated carbocycles. The fraction of sp³-hybridized carbons (Fsp3) is 0.550. The van der Waals surface area contributed by atoms with Gasteiger partial charge in [0.2, 0.25) is 0 Å². The molecule has 0 amide bonds. The maximum Gasteiger partial charge on any atom is 0.316 e. The van der Waals surface area contributed by atoms with Crippen molar-refractivity contribution >= 4 is 17.1 Å². The van der Waals surface area contributed by atoms with Crippen LogP contribution in [0.1, 0.15) is 56.9 Å². The van der Waals surface area contributed by atoms with E-state index in [-0.39, 0.29) is 17.8 Å². The van der Waals surface area contributed by atoms with Crippen LogP contribution in [0, 0.1) is 17.2 Å². The van der Waals surface area contributed by atoms with Crippen LogP contribution in [0.2, 0.25) is 0 Å². The number of carbonyl (C=O) groups is 1. The number of rotatable bonds is 4. The van der Waals surface area contributed by atoms with E-state index < -0.39 is 5.41 Å². The number of hydrogen-bond donors (Lipinski definition) is 0. The van der Waals surface area contributed by atoms with E-state index in [1.807, 2.05) is 26.0 Å². The summed E-state index contributed by atoms with van der Waals surface area (Å²) in [5, 5.41) is 9.22. The number of hydrogen-bond acceptors (Lipinski definition) is 6. The standard InChI is InChI=1S/C20H24N2O4/c1-12(2)18-22-16-14(5-6-15(24-3)17(16)26-18)20(19(23)25-4)9-7-13(11-21)8-10-20/h5-6,12-13H,7-10H2,1-4H3. The Morgan fingerprint density at radius 1 is 1.35 bits per heavy atom. The Bertz CT molecular complexity index is 855. The van der Waals surface area contributed by atoms with Crippen LogP contribution in [0.3, 0.4) is 0 Å². The molecule has 0 N–H and O–H groups in total. The average molecular weight is 356 g/mol. The summed E-state index contributed by atoms with van der Waals surface area (Å²) in [6.07, 6.45) is 2.44. The molecule has 1 aliphatic rings.